The lowest BCUT2D eigenvalue weighted by atomic mass is 10.1. The molecule has 2 N–H and O–H groups in total. The van der Waals surface area contributed by atoms with E-state index in [0.717, 1.165) is 22.5 Å². The third kappa shape index (κ3) is 5.35. The molecular weight excluding hydrogens is 370 g/mol. The van der Waals surface area contributed by atoms with E-state index in [1.54, 1.807) is 18.2 Å². The van der Waals surface area contributed by atoms with Crippen LogP contribution >= 0.6 is 0 Å². The van der Waals surface area contributed by atoms with Gasteiger partial charge in [0.25, 0.3) is 5.91 Å². The van der Waals surface area contributed by atoms with Gasteiger partial charge in [0.1, 0.15) is 0 Å². The fourth-order valence-electron chi connectivity index (χ4n) is 2.85. The first-order valence-electron chi connectivity index (χ1n) is 9.15. The minimum atomic E-state index is -1.03. The van der Waals surface area contributed by atoms with Crippen molar-refractivity contribution in [3.63, 3.8) is 0 Å². The molecule has 0 heterocycles. The highest BCUT2D eigenvalue weighted by atomic mass is 16.5. The monoisotopic (exact) mass is 391 g/mol. The molecule has 0 saturated heterocycles. The molecular formula is C23H21NO5. The molecule has 0 aromatic heterocycles. The van der Waals surface area contributed by atoms with Crippen molar-refractivity contribution >= 4 is 34.4 Å². The summed E-state index contributed by atoms with van der Waals surface area (Å²) in [5.74, 6) is -0.475. The van der Waals surface area contributed by atoms with Crippen molar-refractivity contribution in [1.29, 1.82) is 0 Å². The van der Waals surface area contributed by atoms with E-state index >= 15 is 0 Å². The van der Waals surface area contributed by atoms with E-state index in [1.165, 1.54) is 6.08 Å². The van der Waals surface area contributed by atoms with E-state index in [-0.39, 0.29) is 12.5 Å². The van der Waals surface area contributed by atoms with Crippen LogP contribution in [0.3, 0.4) is 0 Å². The number of carbonyl (C=O) groups excluding carboxylic acids is 1. The molecule has 29 heavy (non-hydrogen) atoms. The Balaban J connectivity index is 1.69. The average molecular weight is 391 g/mol. The molecule has 0 unspecified atom stereocenters. The molecule has 0 fully saturated rings. The first-order chi connectivity index (χ1) is 14.1. The van der Waals surface area contributed by atoms with Crippen LogP contribution in [-0.2, 0) is 9.59 Å². The van der Waals surface area contributed by atoms with Crippen LogP contribution in [0.2, 0.25) is 0 Å². The molecule has 148 valence electrons. The standard InChI is InChI=1S/C23H21NO5/c1-2-28-21-14-16(11-13-23(26)27)10-12-20(21)29-15-22(25)24-19-9-5-7-17-6-3-4-8-18(17)19/h3-14H,2,15H2,1H3,(H,24,25)(H,26,27). The Morgan fingerprint density at radius 3 is 2.59 bits per heavy atom. The number of aliphatic carboxylic acids is 1. The lowest BCUT2D eigenvalue weighted by Gasteiger charge is -2.13. The maximum absolute atomic E-state index is 12.4. The Bertz CT molecular complexity index is 1050. The number of benzene rings is 3. The molecule has 0 spiro atoms. The number of carboxylic acids is 1. The summed E-state index contributed by atoms with van der Waals surface area (Å²) in [5.41, 5.74) is 1.37. The number of amides is 1. The molecule has 6 heteroatoms. The van der Waals surface area contributed by atoms with Crippen molar-refractivity contribution in [3.05, 3.63) is 72.3 Å². The Morgan fingerprint density at radius 2 is 1.79 bits per heavy atom. The van der Waals surface area contributed by atoms with Gasteiger partial charge in [0, 0.05) is 17.1 Å². The fourth-order valence-corrected chi connectivity index (χ4v) is 2.85. The molecule has 6 nitrogen and oxygen atoms in total. The molecule has 0 aliphatic carbocycles. The number of fused-ring (bicyclic) bond motifs is 1. The molecule has 0 radical (unpaired) electrons. The number of hydrogen-bond acceptors (Lipinski definition) is 4. The first-order valence-corrected chi connectivity index (χ1v) is 9.15. The zero-order chi connectivity index (χ0) is 20.6. The van der Waals surface area contributed by atoms with Crippen molar-refractivity contribution in [1.82, 2.24) is 0 Å². The van der Waals surface area contributed by atoms with Crippen LogP contribution in [0.25, 0.3) is 16.8 Å². The van der Waals surface area contributed by atoms with Crippen LogP contribution in [0.15, 0.2) is 66.7 Å². The lowest BCUT2D eigenvalue weighted by molar-refractivity contribution is -0.131. The zero-order valence-corrected chi connectivity index (χ0v) is 15.9. The van der Waals surface area contributed by atoms with E-state index in [1.807, 2.05) is 49.4 Å². The molecule has 0 bridgehead atoms. The van der Waals surface area contributed by atoms with Gasteiger partial charge in [0.2, 0.25) is 0 Å². The van der Waals surface area contributed by atoms with Crippen molar-refractivity contribution in [3.8, 4) is 11.5 Å². The van der Waals surface area contributed by atoms with Crippen molar-refractivity contribution in [2.45, 2.75) is 6.92 Å². The number of carbonyl (C=O) groups is 2. The van der Waals surface area contributed by atoms with Gasteiger partial charge >= 0.3 is 5.97 Å². The number of carboxylic acid groups (broad SMARTS) is 1. The maximum Gasteiger partial charge on any atom is 0.328 e. The van der Waals surface area contributed by atoms with E-state index in [2.05, 4.69) is 5.32 Å². The zero-order valence-electron chi connectivity index (χ0n) is 15.9. The van der Waals surface area contributed by atoms with Gasteiger partial charge in [0.05, 0.1) is 6.61 Å². The van der Waals surface area contributed by atoms with Gasteiger partial charge in [-0.15, -0.1) is 0 Å². The smallest absolute Gasteiger partial charge is 0.328 e. The summed E-state index contributed by atoms with van der Waals surface area (Å²) in [6, 6.07) is 18.5. The molecule has 0 atom stereocenters. The summed E-state index contributed by atoms with van der Waals surface area (Å²) >= 11 is 0. The maximum atomic E-state index is 12.4. The third-order valence-corrected chi connectivity index (χ3v) is 4.11. The molecule has 3 aromatic carbocycles. The van der Waals surface area contributed by atoms with Crippen molar-refractivity contribution in [2.24, 2.45) is 0 Å². The SMILES string of the molecule is CCOc1cc(C=CC(=O)O)ccc1OCC(=O)Nc1cccc2ccccc12. The van der Waals surface area contributed by atoms with Gasteiger partial charge in [-0.05, 0) is 42.1 Å². The average Bonchev–Trinajstić information content (AvgIpc) is 2.72. The van der Waals surface area contributed by atoms with Gasteiger partial charge in [-0.1, -0.05) is 42.5 Å². The second kappa shape index (κ2) is 9.41. The number of anilines is 1. The Hall–Kier alpha value is -3.80. The third-order valence-electron chi connectivity index (χ3n) is 4.11. The van der Waals surface area contributed by atoms with Crippen LogP contribution in [-0.4, -0.2) is 30.2 Å². The first kappa shape index (κ1) is 19.9. The van der Waals surface area contributed by atoms with Gasteiger partial charge in [-0.2, -0.15) is 0 Å². The second-order valence-corrected chi connectivity index (χ2v) is 6.17. The summed E-state index contributed by atoms with van der Waals surface area (Å²) in [5, 5.41) is 13.6. The predicted molar refractivity (Wildman–Crippen MR) is 112 cm³/mol. The minimum absolute atomic E-state index is 0.187. The highest BCUT2D eigenvalue weighted by molar-refractivity contribution is 6.02. The molecule has 1 amide bonds. The number of hydrogen-bond donors (Lipinski definition) is 2. The topological polar surface area (TPSA) is 84.9 Å². The Morgan fingerprint density at radius 1 is 1.00 bits per heavy atom. The highest BCUT2D eigenvalue weighted by Crippen LogP contribution is 2.29. The van der Waals surface area contributed by atoms with Gasteiger partial charge in [-0.3, -0.25) is 4.79 Å². The predicted octanol–water partition coefficient (Wildman–Crippen LogP) is 4.35. The minimum Gasteiger partial charge on any atom is -0.490 e. The van der Waals surface area contributed by atoms with Crippen LogP contribution in [0, 0.1) is 0 Å². The van der Waals surface area contributed by atoms with E-state index in [9.17, 15) is 9.59 Å². The van der Waals surface area contributed by atoms with Crippen LogP contribution in [0.4, 0.5) is 5.69 Å². The van der Waals surface area contributed by atoms with E-state index in [0.29, 0.717) is 23.7 Å². The molecule has 3 aromatic rings. The van der Waals surface area contributed by atoms with Crippen molar-refractivity contribution < 1.29 is 24.2 Å². The van der Waals surface area contributed by atoms with E-state index < -0.39 is 5.97 Å². The highest BCUT2D eigenvalue weighted by Gasteiger charge is 2.10. The van der Waals surface area contributed by atoms with Gasteiger partial charge in [0.15, 0.2) is 18.1 Å². The van der Waals surface area contributed by atoms with Gasteiger partial charge < -0.3 is 19.9 Å². The van der Waals surface area contributed by atoms with Crippen LogP contribution < -0.4 is 14.8 Å². The molecule has 3 rings (SSSR count). The molecule has 0 saturated carbocycles. The lowest BCUT2D eigenvalue weighted by Crippen LogP contribution is -2.20. The molecule has 0 aliphatic heterocycles. The second-order valence-electron chi connectivity index (χ2n) is 6.17. The van der Waals surface area contributed by atoms with Crippen LogP contribution in [0.5, 0.6) is 11.5 Å². The summed E-state index contributed by atoms with van der Waals surface area (Å²) in [6.07, 6.45) is 2.51. The number of nitrogens with one attached hydrogen (secondary N) is 1. The largest absolute Gasteiger partial charge is 0.490 e. The Kier molecular flexibility index (Phi) is 6.47. The summed E-state index contributed by atoms with van der Waals surface area (Å²) in [4.78, 5) is 23.1. The van der Waals surface area contributed by atoms with Crippen LogP contribution in [0.1, 0.15) is 12.5 Å². The fraction of sp³-hybridized carbons (Fsp3) is 0.130. The number of rotatable bonds is 8. The Labute approximate surface area is 168 Å². The van der Waals surface area contributed by atoms with E-state index in [4.69, 9.17) is 14.6 Å². The number of ether oxygens (including phenoxy) is 2. The summed E-state index contributed by atoms with van der Waals surface area (Å²) in [7, 11) is 0. The summed E-state index contributed by atoms with van der Waals surface area (Å²) < 4.78 is 11.2. The summed E-state index contributed by atoms with van der Waals surface area (Å²) in [6.45, 7) is 2.05. The molecule has 0 aliphatic rings. The normalized spacial score (nSPS) is 10.8. The van der Waals surface area contributed by atoms with Gasteiger partial charge in [-0.25, -0.2) is 4.79 Å². The quantitative estimate of drug-likeness (QED) is 0.558. The van der Waals surface area contributed by atoms with Crippen molar-refractivity contribution in [2.75, 3.05) is 18.5 Å².